The van der Waals surface area contributed by atoms with Gasteiger partial charge in [-0.05, 0) is 63.7 Å². The van der Waals surface area contributed by atoms with Gasteiger partial charge in [0.25, 0.3) is 0 Å². The van der Waals surface area contributed by atoms with Gasteiger partial charge in [0, 0.05) is 13.0 Å². The van der Waals surface area contributed by atoms with E-state index in [-0.39, 0.29) is 6.42 Å². The summed E-state index contributed by atoms with van der Waals surface area (Å²) in [7, 11) is 0. The van der Waals surface area contributed by atoms with E-state index in [0.29, 0.717) is 30.8 Å². The molecule has 1 unspecified atom stereocenters. The number of allylic oxidation sites excluding steroid dienone is 5. The van der Waals surface area contributed by atoms with Crippen LogP contribution in [0.15, 0.2) is 36.5 Å². The van der Waals surface area contributed by atoms with Gasteiger partial charge in [-0.15, -0.1) is 0 Å². The highest BCUT2D eigenvalue weighted by Gasteiger charge is 2.27. The molecule has 0 spiro atoms. The van der Waals surface area contributed by atoms with E-state index in [1.54, 1.807) is 0 Å². The Kier molecular flexibility index (Phi) is 10.6. The highest BCUT2D eigenvalue weighted by atomic mass is 16.5. The van der Waals surface area contributed by atoms with Crippen LogP contribution >= 0.6 is 0 Å². The van der Waals surface area contributed by atoms with E-state index in [4.69, 9.17) is 9.84 Å². The standard InChI is InChI=1S/C23H38O4/c1-18(2)16-17-27-23(3,4)21(24)15-14-20-12-9-11-19(20)10-7-5-6-8-13-22(25)26/h5,7,9,12,14-15,18-21,24H,6,8,10-11,13,16-17H2,1-4H3,(H,25,26)/b7-5-,15-14?/t19-,20+,21?/m0/s1. The van der Waals surface area contributed by atoms with Crippen LogP contribution in [-0.4, -0.2) is 34.5 Å². The first-order valence-corrected chi connectivity index (χ1v) is 10.3. The van der Waals surface area contributed by atoms with Gasteiger partial charge in [0.05, 0.1) is 5.60 Å². The molecule has 0 aromatic rings. The molecule has 154 valence electrons. The lowest BCUT2D eigenvalue weighted by Crippen LogP contribution is -2.38. The minimum atomic E-state index is -0.733. The van der Waals surface area contributed by atoms with E-state index in [9.17, 15) is 9.90 Å². The van der Waals surface area contributed by atoms with Crippen LogP contribution in [0.4, 0.5) is 0 Å². The highest BCUT2D eigenvalue weighted by Crippen LogP contribution is 2.30. The van der Waals surface area contributed by atoms with Crippen LogP contribution in [0.25, 0.3) is 0 Å². The molecule has 0 saturated carbocycles. The number of aliphatic carboxylic acids is 1. The number of ether oxygens (including phenoxy) is 1. The summed E-state index contributed by atoms with van der Waals surface area (Å²) in [5.41, 5.74) is -0.590. The smallest absolute Gasteiger partial charge is 0.303 e. The molecule has 0 aromatic carbocycles. The van der Waals surface area contributed by atoms with Crippen LogP contribution in [-0.2, 0) is 9.53 Å². The molecule has 0 aromatic heterocycles. The lowest BCUT2D eigenvalue weighted by molar-refractivity contribution is -0.137. The number of carbonyl (C=O) groups is 1. The first-order valence-electron chi connectivity index (χ1n) is 10.3. The number of aliphatic hydroxyl groups is 1. The second-order valence-corrected chi connectivity index (χ2v) is 8.46. The van der Waals surface area contributed by atoms with Gasteiger partial charge >= 0.3 is 5.97 Å². The zero-order valence-corrected chi connectivity index (χ0v) is 17.4. The lowest BCUT2D eigenvalue weighted by atomic mass is 9.90. The molecule has 27 heavy (non-hydrogen) atoms. The maximum absolute atomic E-state index is 10.5. The summed E-state index contributed by atoms with van der Waals surface area (Å²) in [6.07, 6.45) is 16.7. The summed E-state index contributed by atoms with van der Waals surface area (Å²) in [4.78, 5) is 10.5. The number of aliphatic hydroxyl groups excluding tert-OH is 1. The molecule has 0 aliphatic heterocycles. The summed E-state index contributed by atoms with van der Waals surface area (Å²) in [5, 5.41) is 19.1. The van der Waals surface area contributed by atoms with Crippen molar-refractivity contribution < 1.29 is 19.7 Å². The summed E-state index contributed by atoms with van der Waals surface area (Å²) >= 11 is 0. The number of carboxylic acids is 1. The van der Waals surface area contributed by atoms with E-state index in [1.165, 1.54) is 0 Å². The molecular weight excluding hydrogens is 340 g/mol. The third-order valence-electron chi connectivity index (χ3n) is 5.11. The molecule has 0 saturated heterocycles. The van der Waals surface area contributed by atoms with E-state index in [1.807, 2.05) is 19.9 Å². The second-order valence-electron chi connectivity index (χ2n) is 8.46. The average molecular weight is 379 g/mol. The molecular formula is C23H38O4. The van der Waals surface area contributed by atoms with Crippen LogP contribution in [0.5, 0.6) is 0 Å². The molecule has 0 radical (unpaired) electrons. The van der Waals surface area contributed by atoms with Crippen molar-refractivity contribution in [3.05, 3.63) is 36.5 Å². The third kappa shape index (κ3) is 9.92. The fourth-order valence-corrected chi connectivity index (χ4v) is 3.07. The average Bonchev–Trinajstić information content (AvgIpc) is 3.02. The maximum atomic E-state index is 10.5. The normalized spacial score (nSPS) is 21.7. The van der Waals surface area contributed by atoms with Crippen molar-refractivity contribution in [1.29, 1.82) is 0 Å². The van der Waals surface area contributed by atoms with Crippen molar-refractivity contribution in [3.8, 4) is 0 Å². The second kappa shape index (κ2) is 12.1. The summed E-state index contributed by atoms with van der Waals surface area (Å²) in [6.45, 7) is 8.86. The van der Waals surface area contributed by atoms with Crippen LogP contribution in [0, 0.1) is 17.8 Å². The van der Waals surface area contributed by atoms with Gasteiger partial charge in [-0.1, -0.05) is 50.3 Å². The molecule has 0 fully saturated rings. The van der Waals surface area contributed by atoms with Crippen molar-refractivity contribution in [3.63, 3.8) is 0 Å². The fourth-order valence-electron chi connectivity index (χ4n) is 3.07. The van der Waals surface area contributed by atoms with Gasteiger partial charge in [-0.2, -0.15) is 0 Å². The van der Waals surface area contributed by atoms with E-state index in [2.05, 4.69) is 44.2 Å². The largest absolute Gasteiger partial charge is 0.481 e. The maximum Gasteiger partial charge on any atom is 0.303 e. The van der Waals surface area contributed by atoms with Crippen LogP contribution < -0.4 is 0 Å². The monoisotopic (exact) mass is 378 g/mol. The van der Waals surface area contributed by atoms with Gasteiger partial charge in [0.15, 0.2) is 0 Å². The summed E-state index contributed by atoms with van der Waals surface area (Å²) < 4.78 is 5.89. The molecule has 3 atom stereocenters. The minimum Gasteiger partial charge on any atom is -0.481 e. The Hall–Kier alpha value is -1.39. The van der Waals surface area contributed by atoms with Crippen molar-refractivity contribution in [2.45, 2.75) is 77.9 Å². The summed E-state index contributed by atoms with van der Waals surface area (Å²) in [6, 6.07) is 0. The Bertz CT molecular complexity index is 516. The number of hydrogen-bond acceptors (Lipinski definition) is 3. The van der Waals surface area contributed by atoms with E-state index < -0.39 is 17.7 Å². The fraction of sp³-hybridized carbons (Fsp3) is 0.696. The van der Waals surface area contributed by atoms with Gasteiger partial charge in [0.2, 0.25) is 0 Å². The predicted octanol–water partition coefficient (Wildman–Crippen LogP) is 5.14. The summed E-state index contributed by atoms with van der Waals surface area (Å²) in [5.74, 6) is 0.697. The number of unbranched alkanes of at least 4 members (excludes halogenated alkanes) is 1. The zero-order chi connectivity index (χ0) is 20.3. The number of hydrogen-bond donors (Lipinski definition) is 2. The molecule has 1 aliphatic carbocycles. The Labute approximate surface area is 165 Å². The quantitative estimate of drug-likeness (QED) is 0.344. The van der Waals surface area contributed by atoms with Crippen molar-refractivity contribution in [2.24, 2.45) is 17.8 Å². The van der Waals surface area contributed by atoms with Crippen molar-refractivity contribution in [2.75, 3.05) is 6.61 Å². The molecule has 0 amide bonds. The predicted molar refractivity (Wildman–Crippen MR) is 111 cm³/mol. The molecule has 0 heterocycles. The molecule has 0 bridgehead atoms. The lowest BCUT2D eigenvalue weighted by Gasteiger charge is -2.29. The van der Waals surface area contributed by atoms with Crippen molar-refractivity contribution >= 4 is 5.97 Å². The molecule has 2 N–H and O–H groups in total. The Morgan fingerprint density at radius 2 is 2.07 bits per heavy atom. The molecule has 1 aliphatic rings. The highest BCUT2D eigenvalue weighted by molar-refractivity contribution is 5.66. The van der Waals surface area contributed by atoms with Crippen LogP contribution in [0.1, 0.15) is 66.2 Å². The number of rotatable bonds is 13. The van der Waals surface area contributed by atoms with E-state index >= 15 is 0 Å². The first-order chi connectivity index (χ1) is 12.7. The Morgan fingerprint density at radius 1 is 1.33 bits per heavy atom. The van der Waals surface area contributed by atoms with Gasteiger partial charge < -0.3 is 14.9 Å². The minimum absolute atomic E-state index is 0.230. The SMILES string of the molecule is CC(C)CCOC(C)(C)C(O)C=C[C@H]1C=CC[C@@H]1C/C=C\CCCC(=O)O. The third-order valence-corrected chi connectivity index (χ3v) is 5.11. The van der Waals surface area contributed by atoms with E-state index in [0.717, 1.165) is 25.7 Å². The topological polar surface area (TPSA) is 66.8 Å². The zero-order valence-electron chi connectivity index (χ0n) is 17.4. The van der Waals surface area contributed by atoms with Crippen LogP contribution in [0.3, 0.4) is 0 Å². The molecule has 4 heteroatoms. The Morgan fingerprint density at radius 3 is 2.74 bits per heavy atom. The first kappa shape index (κ1) is 23.6. The Balaban J connectivity index is 2.42. The van der Waals surface area contributed by atoms with Crippen LogP contribution in [0.2, 0.25) is 0 Å². The van der Waals surface area contributed by atoms with Gasteiger partial charge in [-0.25, -0.2) is 0 Å². The molecule has 1 rings (SSSR count). The van der Waals surface area contributed by atoms with Crippen molar-refractivity contribution in [1.82, 2.24) is 0 Å². The molecule has 4 nitrogen and oxygen atoms in total. The van der Waals surface area contributed by atoms with Gasteiger partial charge in [-0.3, -0.25) is 4.79 Å². The van der Waals surface area contributed by atoms with Gasteiger partial charge in [0.1, 0.15) is 6.10 Å². The number of carboxylic acid groups (broad SMARTS) is 1.